The molecule has 2 saturated heterocycles. The maximum absolute atomic E-state index is 11.2. The summed E-state index contributed by atoms with van der Waals surface area (Å²) in [5.41, 5.74) is -1.45. The molecule has 8 nitrogen and oxygen atoms in total. The van der Waals surface area contributed by atoms with Gasteiger partial charge in [0.15, 0.2) is 0 Å². The molecule has 0 unspecified atom stereocenters. The third-order valence-electron chi connectivity index (χ3n) is 9.01. The Hall–Kier alpha value is -2.30. The van der Waals surface area contributed by atoms with Crippen molar-refractivity contribution in [3.05, 3.63) is 72.5 Å². The Kier molecular flexibility index (Phi) is 10.9. The summed E-state index contributed by atoms with van der Waals surface area (Å²) < 4.78 is 37.3. The zero-order valence-corrected chi connectivity index (χ0v) is 25.7. The summed E-state index contributed by atoms with van der Waals surface area (Å²) >= 11 is 0. The molecule has 42 heavy (non-hydrogen) atoms. The normalized spacial score (nSPS) is 32.6. The lowest BCUT2D eigenvalue weighted by Gasteiger charge is -2.55. The van der Waals surface area contributed by atoms with Crippen LogP contribution >= 0.6 is 0 Å². The van der Waals surface area contributed by atoms with Crippen LogP contribution in [0.3, 0.4) is 0 Å². The van der Waals surface area contributed by atoms with Gasteiger partial charge in [-0.2, -0.15) is 0 Å². The summed E-state index contributed by atoms with van der Waals surface area (Å²) in [7, 11) is 3.11. The molecule has 0 radical (unpaired) electrons. The van der Waals surface area contributed by atoms with Crippen LogP contribution in [0.15, 0.2) is 67.0 Å². The predicted octanol–water partition coefficient (Wildman–Crippen LogP) is 5.44. The molecule has 7 atom stereocenters. The number of ether oxygens (including phenoxy) is 6. The first-order valence-corrected chi connectivity index (χ1v) is 14.8. The Balaban J connectivity index is 1.60. The van der Waals surface area contributed by atoms with Crippen LogP contribution in [0.25, 0.3) is 10.8 Å². The molecule has 2 fully saturated rings. The molecule has 2 heterocycles. The first-order chi connectivity index (χ1) is 20.1. The molecular formula is C34H48O8. The molecule has 4 rings (SSSR count). The molecule has 2 aliphatic rings. The van der Waals surface area contributed by atoms with Crippen LogP contribution in [-0.2, 0) is 35.0 Å². The van der Waals surface area contributed by atoms with Crippen LogP contribution in [0.1, 0.15) is 58.4 Å². The van der Waals surface area contributed by atoms with E-state index in [2.05, 4.69) is 36.9 Å². The average molecular weight is 585 g/mol. The van der Waals surface area contributed by atoms with Crippen molar-refractivity contribution in [1.29, 1.82) is 0 Å². The van der Waals surface area contributed by atoms with Crippen molar-refractivity contribution >= 4 is 10.8 Å². The van der Waals surface area contributed by atoms with Crippen molar-refractivity contribution in [1.82, 2.24) is 0 Å². The standard InChI is InChI=1S/C34H48O8/c1-7-10-30(39-22-24-13-14-25-11-8-9-12-26(25)19-24)34(4)31(40-23-37-5)20-33(3)29(41-34)16-15-28(36)32(2,42-33)18-17-27(21-35)38-6/h7-9,11-14,17,19,28-31,35-36H,1,10,15-16,18,20-23H2,2-6H3/b27-17-/t28-,29+,30-,31+,32+,33-,34-/m0/s1. The number of hydrogen-bond donors (Lipinski definition) is 2. The van der Waals surface area contributed by atoms with Gasteiger partial charge in [0.1, 0.15) is 24.8 Å². The number of methoxy groups -OCH3 is 2. The molecule has 0 aromatic heterocycles. The minimum absolute atomic E-state index is 0.0895. The van der Waals surface area contributed by atoms with Gasteiger partial charge in [0, 0.05) is 20.0 Å². The highest BCUT2D eigenvalue weighted by Crippen LogP contribution is 2.48. The maximum atomic E-state index is 11.2. The fourth-order valence-corrected chi connectivity index (χ4v) is 6.40. The highest BCUT2D eigenvalue weighted by atomic mass is 16.7. The monoisotopic (exact) mass is 584 g/mol. The second-order valence-electron chi connectivity index (χ2n) is 12.1. The van der Waals surface area contributed by atoms with E-state index in [9.17, 15) is 10.2 Å². The smallest absolute Gasteiger partial charge is 0.146 e. The van der Waals surface area contributed by atoms with E-state index in [4.69, 9.17) is 28.4 Å². The molecule has 2 aliphatic heterocycles. The first kappa shape index (κ1) is 32.6. The number of benzene rings is 2. The van der Waals surface area contributed by atoms with Gasteiger partial charge < -0.3 is 38.6 Å². The number of fused-ring (bicyclic) bond motifs is 2. The van der Waals surface area contributed by atoms with Gasteiger partial charge in [0.25, 0.3) is 0 Å². The minimum atomic E-state index is -0.918. The fourth-order valence-electron chi connectivity index (χ4n) is 6.40. The largest absolute Gasteiger partial charge is 0.499 e. The van der Waals surface area contributed by atoms with Crippen molar-refractivity contribution in [3.8, 4) is 0 Å². The van der Waals surface area contributed by atoms with Crippen molar-refractivity contribution in [3.63, 3.8) is 0 Å². The summed E-state index contributed by atoms with van der Waals surface area (Å²) in [4.78, 5) is 0. The summed E-state index contributed by atoms with van der Waals surface area (Å²) in [5, 5.41) is 23.2. The Morgan fingerprint density at radius 3 is 2.57 bits per heavy atom. The molecule has 0 bridgehead atoms. The summed E-state index contributed by atoms with van der Waals surface area (Å²) in [5.74, 6) is 0.433. The van der Waals surface area contributed by atoms with Gasteiger partial charge in [-0.05, 0) is 68.5 Å². The van der Waals surface area contributed by atoms with Gasteiger partial charge >= 0.3 is 0 Å². The number of hydrogen-bond acceptors (Lipinski definition) is 8. The van der Waals surface area contributed by atoms with E-state index in [1.165, 1.54) is 17.9 Å². The second-order valence-corrected chi connectivity index (χ2v) is 12.1. The van der Waals surface area contributed by atoms with Crippen LogP contribution in [0.5, 0.6) is 0 Å². The van der Waals surface area contributed by atoms with Gasteiger partial charge in [0.05, 0.1) is 49.3 Å². The van der Waals surface area contributed by atoms with E-state index >= 15 is 0 Å². The molecule has 0 aliphatic carbocycles. The van der Waals surface area contributed by atoms with Crippen molar-refractivity contribution < 1.29 is 38.6 Å². The van der Waals surface area contributed by atoms with E-state index in [0.717, 1.165) is 5.56 Å². The van der Waals surface area contributed by atoms with Crippen LogP contribution in [0, 0.1) is 0 Å². The van der Waals surface area contributed by atoms with Gasteiger partial charge in [-0.25, -0.2) is 0 Å². The molecule has 0 amide bonds. The lowest BCUT2D eigenvalue weighted by atomic mass is 9.76. The highest BCUT2D eigenvalue weighted by molar-refractivity contribution is 5.82. The Morgan fingerprint density at radius 2 is 1.88 bits per heavy atom. The van der Waals surface area contributed by atoms with Gasteiger partial charge in [0.2, 0.25) is 0 Å². The first-order valence-electron chi connectivity index (χ1n) is 14.8. The molecule has 0 saturated carbocycles. The molecular weight excluding hydrogens is 536 g/mol. The van der Waals surface area contributed by atoms with Crippen LogP contribution in [-0.4, -0.2) is 79.1 Å². The fraction of sp³-hybridized carbons (Fsp3) is 0.588. The van der Waals surface area contributed by atoms with E-state index in [1.54, 1.807) is 13.2 Å². The quantitative estimate of drug-likeness (QED) is 0.183. The summed E-state index contributed by atoms with van der Waals surface area (Å²) in [6.07, 6.45) is 4.33. The van der Waals surface area contributed by atoms with Crippen LogP contribution < -0.4 is 0 Å². The molecule has 0 spiro atoms. The Morgan fingerprint density at radius 1 is 1.12 bits per heavy atom. The zero-order valence-electron chi connectivity index (χ0n) is 25.7. The lowest BCUT2D eigenvalue weighted by molar-refractivity contribution is -0.322. The van der Waals surface area contributed by atoms with E-state index < -0.39 is 29.0 Å². The zero-order chi connectivity index (χ0) is 30.4. The van der Waals surface area contributed by atoms with Gasteiger partial charge in [-0.3, -0.25) is 0 Å². The topological polar surface area (TPSA) is 95.8 Å². The van der Waals surface area contributed by atoms with E-state index in [-0.39, 0.29) is 25.6 Å². The second kappa shape index (κ2) is 14.0. The van der Waals surface area contributed by atoms with Crippen LogP contribution in [0.2, 0.25) is 0 Å². The number of aliphatic hydroxyl groups is 2. The SMILES string of the molecule is C=CC[C@H](OCc1ccc2ccccc2c1)[C@]1(C)O[C@@H]2CC[C@H](O)[C@@](C)(C/C=C(/CO)OC)O[C@@]2(C)C[C@H]1OCOC. The van der Waals surface area contributed by atoms with E-state index in [1.807, 2.05) is 39.0 Å². The maximum Gasteiger partial charge on any atom is 0.146 e. The van der Waals surface area contributed by atoms with Gasteiger partial charge in [-0.1, -0.05) is 42.5 Å². The molecule has 232 valence electrons. The van der Waals surface area contributed by atoms with E-state index in [0.29, 0.717) is 44.5 Å². The Labute approximate surface area is 250 Å². The number of rotatable bonds is 13. The number of aliphatic hydroxyl groups excluding tert-OH is 2. The summed E-state index contributed by atoms with van der Waals surface area (Å²) in [6.45, 7) is 10.3. The van der Waals surface area contributed by atoms with Gasteiger partial charge in [-0.15, -0.1) is 6.58 Å². The molecule has 2 N–H and O–H groups in total. The Bertz CT molecular complexity index is 1210. The van der Waals surface area contributed by atoms with Crippen LogP contribution in [0.4, 0.5) is 0 Å². The molecule has 2 aromatic carbocycles. The highest BCUT2D eigenvalue weighted by Gasteiger charge is 2.59. The average Bonchev–Trinajstić information content (AvgIpc) is 3.07. The lowest BCUT2D eigenvalue weighted by Crippen LogP contribution is -2.66. The molecule has 2 aromatic rings. The third-order valence-corrected chi connectivity index (χ3v) is 9.01. The van der Waals surface area contributed by atoms with Crippen molar-refractivity contribution in [2.24, 2.45) is 0 Å². The minimum Gasteiger partial charge on any atom is -0.499 e. The summed E-state index contributed by atoms with van der Waals surface area (Å²) in [6, 6.07) is 14.6. The van der Waals surface area contributed by atoms with Crippen molar-refractivity contribution in [2.45, 2.75) is 101 Å². The molecule has 8 heteroatoms. The van der Waals surface area contributed by atoms with Crippen molar-refractivity contribution in [2.75, 3.05) is 27.6 Å². The predicted molar refractivity (Wildman–Crippen MR) is 162 cm³/mol. The third kappa shape index (κ3) is 7.08.